The van der Waals surface area contributed by atoms with Crippen LogP contribution in [0.2, 0.25) is 0 Å². The number of carbonyl (C=O) groups is 1. The standard InChI is InChI=1S/C23H24N2O5/c1-3-12-28-25-19(15-21(26)27)13-17-8-7-11-20(14-17)30-22-16(2)29-23(24-22)18-9-5-4-6-10-18/h4-11,14H,3,12-13,15H2,1-2H3,(H,26,27)/b25-19-. The first-order valence-corrected chi connectivity index (χ1v) is 9.74. The van der Waals surface area contributed by atoms with Gasteiger partial charge in [-0.1, -0.05) is 42.4 Å². The van der Waals surface area contributed by atoms with Crippen LogP contribution in [0, 0.1) is 6.92 Å². The number of hydrogen-bond donors (Lipinski definition) is 1. The van der Waals surface area contributed by atoms with E-state index in [0.29, 0.717) is 42.0 Å². The van der Waals surface area contributed by atoms with Crippen LogP contribution in [0.3, 0.4) is 0 Å². The lowest BCUT2D eigenvalue weighted by molar-refractivity contribution is -0.135. The van der Waals surface area contributed by atoms with Crippen LogP contribution in [0.4, 0.5) is 0 Å². The van der Waals surface area contributed by atoms with E-state index in [2.05, 4.69) is 10.1 Å². The average molecular weight is 408 g/mol. The number of benzene rings is 2. The molecule has 1 aromatic heterocycles. The molecule has 0 aliphatic rings. The summed E-state index contributed by atoms with van der Waals surface area (Å²) < 4.78 is 11.7. The summed E-state index contributed by atoms with van der Waals surface area (Å²) in [6.45, 7) is 4.20. The van der Waals surface area contributed by atoms with E-state index in [4.69, 9.17) is 19.1 Å². The first-order valence-electron chi connectivity index (χ1n) is 9.74. The fraction of sp³-hybridized carbons (Fsp3) is 0.261. The molecule has 0 spiro atoms. The lowest BCUT2D eigenvalue weighted by Crippen LogP contribution is -2.11. The number of aromatic nitrogens is 1. The summed E-state index contributed by atoms with van der Waals surface area (Å²) in [5.41, 5.74) is 2.17. The molecule has 1 N–H and O–H groups in total. The maximum absolute atomic E-state index is 11.1. The summed E-state index contributed by atoms with van der Waals surface area (Å²) >= 11 is 0. The zero-order valence-electron chi connectivity index (χ0n) is 17.0. The Morgan fingerprint density at radius 3 is 2.70 bits per heavy atom. The number of oxime groups is 1. The summed E-state index contributed by atoms with van der Waals surface area (Å²) in [5, 5.41) is 13.1. The highest BCUT2D eigenvalue weighted by Crippen LogP contribution is 2.30. The lowest BCUT2D eigenvalue weighted by Gasteiger charge is -2.07. The van der Waals surface area contributed by atoms with Crippen LogP contribution in [0.5, 0.6) is 11.6 Å². The molecule has 1 heterocycles. The van der Waals surface area contributed by atoms with Gasteiger partial charge in [0.2, 0.25) is 5.89 Å². The second-order valence-electron chi connectivity index (χ2n) is 6.73. The molecule has 0 radical (unpaired) electrons. The van der Waals surface area contributed by atoms with Gasteiger partial charge in [0.05, 0.1) is 12.1 Å². The molecular formula is C23H24N2O5. The second-order valence-corrected chi connectivity index (χ2v) is 6.73. The van der Waals surface area contributed by atoms with Crippen molar-refractivity contribution in [2.75, 3.05) is 6.61 Å². The van der Waals surface area contributed by atoms with Crippen LogP contribution in [0.15, 0.2) is 64.2 Å². The van der Waals surface area contributed by atoms with Gasteiger partial charge in [-0.3, -0.25) is 4.79 Å². The molecule has 3 aromatic rings. The SMILES string of the molecule is CCCO/N=C(\CC(=O)O)Cc1cccc(Oc2nc(-c3ccccc3)oc2C)c1. The van der Waals surface area contributed by atoms with Crippen molar-refractivity contribution in [1.29, 1.82) is 0 Å². The van der Waals surface area contributed by atoms with Gasteiger partial charge in [0.25, 0.3) is 5.88 Å². The number of aryl methyl sites for hydroxylation is 1. The van der Waals surface area contributed by atoms with Crippen LogP contribution in [-0.4, -0.2) is 28.4 Å². The van der Waals surface area contributed by atoms with E-state index in [1.807, 2.05) is 55.5 Å². The molecule has 7 heteroatoms. The van der Waals surface area contributed by atoms with E-state index in [1.54, 1.807) is 13.0 Å². The van der Waals surface area contributed by atoms with Crippen LogP contribution in [-0.2, 0) is 16.1 Å². The highest BCUT2D eigenvalue weighted by molar-refractivity contribution is 5.99. The van der Waals surface area contributed by atoms with E-state index in [0.717, 1.165) is 17.5 Å². The number of hydrogen-bond acceptors (Lipinski definition) is 6. The predicted octanol–water partition coefficient (Wildman–Crippen LogP) is 5.24. The molecule has 0 unspecified atom stereocenters. The minimum Gasteiger partial charge on any atom is -0.481 e. The van der Waals surface area contributed by atoms with E-state index in [9.17, 15) is 4.79 Å². The molecule has 156 valence electrons. The van der Waals surface area contributed by atoms with Crippen LogP contribution >= 0.6 is 0 Å². The summed E-state index contributed by atoms with van der Waals surface area (Å²) in [4.78, 5) is 20.7. The van der Waals surface area contributed by atoms with Gasteiger partial charge < -0.3 is 19.1 Å². The molecule has 0 aliphatic heterocycles. The normalized spacial score (nSPS) is 11.3. The Bertz CT molecular complexity index is 1010. The van der Waals surface area contributed by atoms with Crippen molar-refractivity contribution < 1.29 is 23.9 Å². The molecule has 30 heavy (non-hydrogen) atoms. The van der Waals surface area contributed by atoms with Crippen molar-refractivity contribution in [2.24, 2.45) is 5.16 Å². The Labute approximate surface area is 175 Å². The topological polar surface area (TPSA) is 94.2 Å². The molecule has 3 rings (SSSR count). The van der Waals surface area contributed by atoms with E-state index < -0.39 is 5.97 Å². The third-order valence-corrected chi connectivity index (χ3v) is 4.14. The third-order valence-electron chi connectivity index (χ3n) is 4.14. The fourth-order valence-electron chi connectivity index (χ4n) is 2.78. The summed E-state index contributed by atoms with van der Waals surface area (Å²) in [5.74, 6) is 1.07. The molecular weight excluding hydrogens is 384 g/mol. The Morgan fingerprint density at radius 2 is 1.97 bits per heavy atom. The summed E-state index contributed by atoms with van der Waals surface area (Å²) in [7, 11) is 0. The van der Waals surface area contributed by atoms with Gasteiger partial charge in [-0.25, -0.2) is 0 Å². The minimum atomic E-state index is -0.951. The Hall–Kier alpha value is -3.61. The highest BCUT2D eigenvalue weighted by Gasteiger charge is 2.14. The quantitative estimate of drug-likeness (QED) is 0.280. The molecule has 0 amide bonds. The van der Waals surface area contributed by atoms with Gasteiger partial charge in [-0.2, -0.15) is 4.98 Å². The zero-order chi connectivity index (χ0) is 21.3. The van der Waals surface area contributed by atoms with Crippen molar-refractivity contribution in [2.45, 2.75) is 33.1 Å². The largest absolute Gasteiger partial charge is 0.481 e. The highest BCUT2D eigenvalue weighted by atomic mass is 16.6. The maximum atomic E-state index is 11.1. The summed E-state index contributed by atoms with van der Waals surface area (Å²) in [6, 6.07) is 16.9. The van der Waals surface area contributed by atoms with Gasteiger partial charge in [-0.05, 0) is 43.2 Å². The number of carboxylic acid groups (broad SMARTS) is 1. The number of rotatable bonds is 10. The van der Waals surface area contributed by atoms with E-state index >= 15 is 0 Å². The number of nitrogens with zero attached hydrogens (tertiary/aromatic N) is 2. The first-order chi connectivity index (χ1) is 14.5. The van der Waals surface area contributed by atoms with E-state index in [-0.39, 0.29) is 6.42 Å². The molecule has 0 atom stereocenters. The van der Waals surface area contributed by atoms with Crippen LogP contribution < -0.4 is 4.74 Å². The second kappa shape index (κ2) is 10.2. The molecule has 0 bridgehead atoms. The minimum absolute atomic E-state index is 0.183. The van der Waals surface area contributed by atoms with Crippen molar-refractivity contribution in [3.05, 3.63) is 65.9 Å². The number of oxazole rings is 1. The van der Waals surface area contributed by atoms with Gasteiger partial charge in [-0.15, -0.1) is 0 Å². The molecule has 2 aromatic carbocycles. The van der Waals surface area contributed by atoms with Crippen LogP contribution in [0.1, 0.15) is 31.1 Å². The monoisotopic (exact) mass is 408 g/mol. The molecule has 0 saturated carbocycles. The van der Waals surface area contributed by atoms with Gasteiger partial charge in [0, 0.05) is 12.0 Å². The molecule has 0 saturated heterocycles. The van der Waals surface area contributed by atoms with Crippen molar-refractivity contribution in [1.82, 2.24) is 4.98 Å². The van der Waals surface area contributed by atoms with Gasteiger partial charge >= 0.3 is 5.97 Å². The number of carboxylic acids is 1. The number of aliphatic carboxylic acids is 1. The molecule has 0 fully saturated rings. The molecule has 0 aliphatic carbocycles. The van der Waals surface area contributed by atoms with Crippen molar-refractivity contribution >= 4 is 11.7 Å². The fourth-order valence-corrected chi connectivity index (χ4v) is 2.78. The Morgan fingerprint density at radius 1 is 1.17 bits per heavy atom. The van der Waals surface area contributed by atoms with E-state index in [1.165, 1.54) is 0 Å². The Kier molecular flexibility index (Phi) is 7.21. The first kappa shape index (κ1) is 21.1. The number of ether oxygens (including phenoxy) is 1. The predicted molar refractivity (Wildman–Crippen MR) is 113 cm³/mol. The Balaban J connectivity index is 1.74. The lowest BCUT2D eigenvalue weighted by atomic mass is 10.1. The third kappa shape index (κ3) is 5.94. The molecule has 7 nitrogen and oxygen atoms in total. The van der Waals surface area contributed by atoms with Gasteiger partial charge in [0.15, 0.2) is 5.76 Å². The maximum Gasteiger partial charge on any atom is 0.309 e. The van der Waals surface area contributed by atoms with Crippen molar-refractivity contribution in [3.63, 3.8) is 0 Å². The zero-order valence-corrected chi connectivity index (χ0v) is 17.0. The van der Waals surface area contributed by atoms with Crippen LogP contribution in [0.25, 0.3) is 11.5 Å². The smallest absolute Gasteiger partial charge is 0.309 e. The average Bonchev–Trinajstić information content (AvgIpc) is 3.09. The summed E-state index contributed by atoms with van der Waals surface area (Å²) in [6.07, 6.45) is 0.965. The van der Waals surface area contributed by atoms with Gasteiger partial charge in [0.1, 0.15) is 12.4 Å². The van der Waals surface area contributed by atoms with Crippen molar-refractivity contribution in [3.8, 4) is 23.1 Å².